The van der Waals surface area contributed by atoms with Gasteiger partial charge in [-0.05, 0) is 25.7 Å². The fraction of sp³-hybridized carbons (Fsp3) is 0.625. The van der Waals surface area contributed by atoms with Crippen molar-refractivity contribution in [1.82, 2.24) is 0 Å². The molecule has 0 bridgehead atoms. The summed E-state index contributed by atoms with van der Waals surface area (Å²) in [5, 5.41) is 0. The van der Waals surface area contributed by atoms with Crippen molar-refractivity contribution in [2.24, 2.45) is 0 Å². The summed E-state index contributed by atoms with van der Waals surface area (Å²) in [6, 6.07) is 0. The molecule has 96 valence electrons. The van der Waals surface area contributed by atoms with Crippen LogP contribution in [0.3, 0.4) is 0 Å². The topological polar surface area (TPSA) is 0 Å². The summed E-state index contributed by atoms with van der Waals surface area (Å²) in [5.74, 6) is 0. The molecule has 0 nitrogen and oxygen atoms in total. The number of hydrogen-bond acceptors (Lipinski definition) is 0. The van der Waals surface area contributed by atoms with E-state index in [-0.39, 0.29) is 0 Å². The van der Waals surface area contributed by atoms with Gasteiger partial charge in [0.2, 0.25) is 0 Å². The first kappa shape index (κ1) is 16.3. The molecule has 0 fully saturated rings. The second-order valence-electron chi connectivity index (χ2n) is 4.69. The van der Waals surface area contributed by atoms with Crippen molar-refractivity contribution in [3.05, 3.63) is 35.9 Å². The van der Waals surface area contributed by atoms with Gasteiger partial charge in [-0.1, -0.05) is 63.7 Å². The van der Waals surface area contributed by atoms with Gasteiger partial charge in [0, 0.05) is 0 Å². The maximum absolute atomic E-state index is 4.10. The lowest BCUT2D eigenvalue weighted by Crippen LogP contribution is -1.93. The highest BCUT2D eigenvalue weighted by Gasteiger charge is 1.95. The molecule has 0 aromatic heterocycles. The van der Waals surface area contributed by atoms with Crippen LogP contribution in [0.2, 0.25) is 6.32 Å². The largest absolute Gasteiger partial charge is 0.151 e. The highest BCUT2D eigenvalue weighted by molar-refractivity contribution is 6.44. The molecule has 0 N–H and O–H groups in total. The first-order chi connectivity index (χ1) is 8.24. The van der Waals surface area contributed by atoms with Crippen LogP contribution in [0.25, 0.3) is 0 Å². The lowest BCUT2D eigenvalue weighted by atomic mass is 9.65. The van der Waals surface area contributed by atoms with Crippen molar-refractivity contribution in [2.75, 3.05) is 0 Å². The quantitative estimate of drug-likeness (QED) is 0.274. The molecule has 0 saturated carbocycles. The van der Waals surface area contributed by atoms with E-state index in [0.29, 0.717) is 0 Å². The van der Waals surface area contributed by atoms with E-state index in [0.717, 1.165) is 12.8 Å². The van der Waals surface area contributed by atoms with Crippen molar-refractivity contribution < 1.29 is 0 Å². The van der Waals surface area contributed by atoms with E-state index in [2.05, 4.69) is 45.6 Å². The molecule has 0 atom stereocenters. The van der Waals surface area contributed by atoms with Crippen LogP contribution < -0.4 is 0 Å². The van der Waals surface area contributed by atoms with Crippen molar-refractivity contribution in [2.45, 2.75) is 65.6 Å². The third-order valence-corrected chi connectivity index (χ3v) is 2.96. The Morgan fingerprint density at radius 1 is 1.24 bits per heavy atom. The molecule has 0 spiro atoms. The van der Waals surface area contributed by atoms with Crippen LogP contribution in [0.15, 0.2) is 35.9 Å². The van der Waals surface area contributed by atoms with Gasteiger partial charge in [0.25, 0.3) is 0 Å². The van der Waals surface area contributed by atoms with Gasteiger partial charge in [-0.15, -0.1) is 12.1 Å². The summed E-state index contributed by atoms with van der Waals surface area (Å²) in [4.78, 5) is 0. The Bertz CT molecular complexity index is 248. The molecule has 0 heterocycles. The lowest BCUT2D eigenvalue weighted by molar-refractivity contribution is 0.924. The van der Waals surface area contributed by atoms with Crippen LogP contribution in [-0.2, 0) is 0 Å². The number of rotatable bonds is 10. The van der Waals surface area contributed by atoms with E-state index in [1.54, 1.807) is 0 Å². The van der Waals surface area contributed by atoms with E-state index in [9.17, 15) is 0 Å². The molecule has 0 saturated heterocycles. The molecule has 0 amide bonds. The monoisotopic (exact) mass is 232 g/mol. The Morgan fingerprint density at radius 3 is 2.59 bits per heavy atom. The molecule has 0 aliphatic rings. The highest BCUT2D eigenvalue weighted by atomic mass is 13.9. The first-order valence-corrected chi connectivity index (χ1v) is 7.26. The second-order valence-corrected chi connectivity index (χ2v) is 4.69. The Balaban J connectivity index is 3.60. The predicted molar refractivity (Wildman–Crippen MR) is 83.0 cm³/mol. The molecule has 0 aliphatic heterocycles. The summed E-state index contributed by atoms with van der Waals surface area (Å²) in [6.07, 6.45) is 15.5. The van der Waals surface area contributed by atoms with E-state index >= 15 is 0 Å². The minimum Gasteiger partial charge on any atom is -0.113 e. The minimum absolute atomic E-state index is 1.14. The zero-order valence-corrected chi connectivity index (χ0v) is 12.1. The first-order valence-electron chi connectivity index (χ1n) is 7.26. The van der Waals surface area contributed by atoms with Crippen LogP contribution in [-0.4, -0.2) is 7.28 Å². The van der Waals surface area contributed by atoms with Gasteiger partial charge in [-0.25, -0.2) is 0 Å². The zero-order chi connectivity index (χ0) is 12.9. The summed E-state index contributed by atoms with van der Waals surface area (Å²) in [6.45, 7) is 10.7. The average Bonchev–Trinajstić information content (AvgIpc) is 2.32. The van der Waals surface area contributed by atoms with Gasteiger partial charge >= 0.3 is 0 Å². The molecular weight excluding hydrogens is 203 g/mol. The molecule has 0 aliphatic carbocycles. The van der Waals surface area contributed by atoms with Crippen LogP contribution in [0.5, 0.6) is 0 Å². The summed E-state index contributed by atoms with van der Waals surface area (Å²) in [7, 11) is 1.22. The van der Waals surface area contributed by atoms with Gasteiger partial charge in [-0.3, -0.25) is 0 Å². The average molecular weight is 232 g/mol. The molecule has 17 heavy (non-hydrogen) atoms. The molecule has 0 radical (unpaired) electrons. The van der Waals surface area contributed by atoms with Crippen LogP contribution in [0, 0.1) is 0 Å². The summed E-state index contributed by atoms with van der Waals surface area (Å²) in [5.41, 5.74) is 2.90. The number of unbranched alkanes of at least 4 members (excludes halogenated alkanes) is 1. The Morgan fingerprint density at radius 2 is 2.00 bits per heavy atom. The van der Waals surface area contributed by atoms with Gasteiger partial charge in [-0.2, -0.15) is 0 Å². The Hall–Kier alpha value is -0.715. The molecule has 1 heteroatoms. The predicted octanol–water partition coefficient (Wildman–Crippen LogP) is 5.24. The van der Waals surface area contributed by atoms with Crippen molar-refractivity contribution in [3.63, 3.8) is 0 Å². The Kier molecular flexibility index (Phi) is 11.3. The third kappa shape index (κ3) is 10.2. The van der Waals surface area contributed by atoms with Crippen molar-refractivity contribution in [1.29, 1.82) is 0 Å². The number of allylic oxidation sites excluding steroid dienone is 5. The van der Waals surface area contributed by atoms with Crippen LogP contribution in [0.4, 0.5) is 0 Å². The van der Waals surface area contributed by atoms with Gasteiger partial charge in [0.15, 0.2) is 7.28 Å². The third-order valence-electron chi connectivity index (χ3n) is 2.96. The van der Waals surface area contributed by atoms with E-state index in [1.807, 2.05) is 0 Å². The fourth-order valence-corrected chi connectivity index (χ4v) is 1.94. The van der Waals surface area contributed by atoms with Crippen LogP contribution in [0.1, 0.15) is 59.3 Å². The zero-order valence-electron chi connectivity index (χ0n) is 12.1. The van der Waals surface area contributed by atoms with E-state index in [1.165, 1.54) is 50.3 Å². The minimum atomic E-state index is 1.14. The van der Waals surface area contributed by atoms with Gasteiger partial charge in [0.05, 0.1) is 0 Å². The van der Waals surface area contributed by atoms with Gasteiger partial charge < -0.3 is 0 Å². The second kappa shape index (κ2) is 11.8. The molecule has 0 rings (SSSR count). The van der Waals surface area contributed by atoms with E-state index in [4.69, 9.17) is 0 Å². The molecule has 0 aromatic carbocycles. The summed E-state index contributed by atoms with van der Waals surface area (Å²) >= 11 is 0. The van der Waals surface area contributed by atoms with Crippen LogP contribution >= 0.6 is 0 Å². The lowest BCUT2D eigenvalue weighted by Gasteiger charge is -2.00. The number of hydrogen-bond donors (Lipinski definition) is 0. The maximum Gasteiger partial charge on any atom is 0.151 e. The van der Waals surface area contributed by atoms with Gasteiger partial charge in [0.1, 0.15) is 0 Å². The van der Waals surface area contributed by atoms with Crippen molar-refractivity contribution >= 4 is 7.28 Å². The Labute approximate surface area is 109 Å². The normalized spacial score (nSPS) is 12.1. The fourth-order valence-electron chi connectivity index (χ4n) is 1.94. The van der Waals surface area contributed by atoms with Crippen molar-refractivity contribution in [3.8, 4) is 0 Å². The molecular formula is C16H29B. The highest BCUT2D eigenvalue weighted by Crippen LogP contribution is 2.08. The summed E-state index contributed by atoms with van der Waals surface area (Å²) < 4.78 is 0. The maximum atomic E-state index is 4.10. The SMILES string of the molecule is C=C(BCCC/C=C\C(=C/CC)CC)CCC. The van der Waals surface area contributed by atoms with E-state index < -0.39 is 0 Å². The molecule has 0 unspecified atom stereocenters. The standard InChI is InChI=1S/C16H29B/c1-5-11-15(4)17-14-10-8-9-13-16(7-3)12-6-2/h9,12-13,17H,4-8,10-11,14H2,1-3H3/b13-9-,16-12-. The smallest absolute Gasteiger partial charge is 0.113 e. The molecule has 0 aromatic rings.